The number of benzene rings is 1. The lowest BCUT2D eigenvalue weighted by Gasteiger charge is -2.37. The Morgan fingerprint density at radius 3 is 2.38 bits per heavy atom. The molecule has 5 fully saturated rings. The first-order valence-electron chi connectivity index (χ1n) is 9.67. The molecule has 1 aromatic carbocycles. The number of fused-ring (bicyclic) bond motifs is 1. The number of hydrogen-bond acceptors (Lipinski definition) is 2. The lowest BCUT2D eigenvalue weighted by molar-refractivity contribution is -0.122. The van der Waals surface area contributed by atoms with E-state index in [-0.39, 0.29) is 11.8 Å². The van der Waals surface area contributed by atoms with Crippen molar-refractivity contribution in [3.05, 3.63) is 35.9 Å². The van der Waals surface area contributed by atoms with Gasteiger partial charge in [-0.15, -0.1) is 0 Å². The van der Waals surface area contributed by atoms with Gasteiger partial charge in [-0.1, -0.05) is 30.3 Å². The first kappa shape index (κ1) is 14.7. The third-order valence-corrected chi connectivity index (χ3v) is 6.87. The van der Waals surface area contributed by atoms with E-state index in [9.17, 15) is 4.79 Å². The summed E-state index contributed by atoms with van der Waals surface area (Å²) in [6, 6.07) is 10.4. The van der Waals surface area contributed by atoms with Crippen molar-refractivity contribution in [1.29, 1.82) is 0 Å². The molecular weight excluding hydrogens is 296 g/mol. The number of hydrazone groups is 1. The van der Waals surface area contributed by atoms with Crippen LogP contribution in [0.1, 0.15) is 56.4 Å². The summed E-state index contributed by atoms with van der Waals surface area (Å²) in [6.07, 6.45) is 8.99. The highest BCUT2D eigenvalue weighted by Crippen LogP contribution is 2.50. The number of carbonyl (C=O) groups is 1. The van der Waals surface area contributed by atoms with Crippen molar-refractivity contribution in [2.45, 2.75) is 50.9 Å². The largest absolute Gasteiger partial charge is 0.273 e. The van der Waals surface area contributed by atoms with Gasteiger partial charge >= 0.3 is 0 Å². The van der Waals surface area contributed by atoms with Crippen LogP contribution in [0.15, 0.2) is 35.4 Å². The lowest BCUT2D eigenvalue weighted by Crippen LogP contribution is -2.29. The summed E-state index contributed by atoms with van der Waals surface area (Å²) in [5.41, 5.74) is 5.52. The smallest absolute Gasteiger partial charge is 0.243 e. The fourth-order valence-corrected chi connectivity index (χ4v) is 5.79. The summed E-state index contributed by atoms with van der Waals surface area (Å²) < 4.78 is 0. The van der Waals surface area contributed by atoms with Gasteiger partial charge in [0.05, 0.1) is 0 Å². The van der Waals surface area contributed by atoms with Gasteiger partial charge in [0, 0.05) is 11.6 Å². The molecule has 3 nitrogen and oxygen atoms in total. The molecule has 126 valence electrons. The van der Waals surface area contributed by atoms with Crippen LogP contribution >= 0.6 is 0 Å². The average Bonchev–Trinajstić information content (AvgIpc) is 3.40. The number of nitrogens with zero attached hydrogens (tertiary/aromatic N) is 1. The Balaban J connectivity index is 1.24. The first-order valence-corrected chi connectivity index (χ1v) is 9.67. The molecule has 0 heterocycles. The van der Waals surface area contributed by atoms with Crippen molar-refractivity contribution >= 4 is 11.6 Å². The van der Waals surface area contributed by atoms with Crippen molar-refractivity contribution < 1.29 is 4.79 Å². The molecule has 3 heteroatoms. The number of nitrogens with one attached hydrogen (secondary N) is 1. The monoisotopic (exact) mass is 322 g/mol. The molecule has 2 unspecified atom stereocenters. The van der Waals surface area contributed by atoms with Gasteiger partial charge < -0.3 is 0 Å². The van der Waals surface area contributed by atoms with Crippen molar-refractivity contribution in [1.82, 2.24) is 5.43 Å². The Morgan fingerprint density at radius 2 is 1.62 bits per heavy atom. The zero-order chi connectivity index (χ0) is 16.1. The Morgan fingerprint density at radius 1 is 0.917 bits per heavy atom. The molecule has 24 heavy (non-hydrogen) atoms. The van der Waals surface area contributed by atoms with Crippen molar-refractivity contribution in [3.63, 3.8) is 0 Å². The van der Waals surface area contributed by atoms with Gasteiger partial charge in [0.15, 0.2) is 0 Å². The molecule has 1 aromatic rings. The van der Waals surface area contributed by atoms with Crippen LogP contribution in [0.4, 0.5) is 0 Å². The topological polar surface area (TPSA) is 41.5 Å². The van der Waals surface area contributed by atoms with Crippen molar-refractivity contribution in [2.75, 3.05) is 0 Å². The minimum atomic E-state index is 0.121. The molecule has 0 saturated heterocycles. The molecule has 1 amide bonds. The summed E-state index contributed by atoms with van der Waals surface area (Å²) in [5.74, 6) is 3.98. The zero-order valence-electron chi connectivity index (χ0n) is 14.2. The van der Waals surface area contributed by atoms with Crippen molar-refractivity contribution in [3.8, 4) is 0 Å². The van der Waals surface area contributed by atoms with E-state index in [2.05, 4.69) is 34.8 Å². The number of rotatable bonds is 3. The predicted molar refractivity (Wildman–Crippen MR) is 94.5 cm³/mol. The van der Waals surface area contributed by atoms with E-state index in [0.29, 0.717) is 11.8 Å². The summed E-state index contributed by atoms with van der Waals surface area (Å²) in [7, 11) is 0. The lowest BCUT2D eigenvalue weighted by atomic mass is 9.68. The predicted octanol–water partition coefficient (Wildman–Crippen LogP) is 4.11. The maximum atomic E-state index is 12.5. The Labute approximate surface area is 143 Å². The highest BCUT2D eigenvalue weighted by Gasteiger charge is 2.45. The standard InChI is InChI=1S/C21H26N2O/c24-21(19-12-18(19)16-4-2-1-3-5-16)23-22-20-11-15-7-13-6-14(8-15)10-17(20)9-13/h1-5,13-15,17-19H,6-12H2,(H,23,24)/b22-20-/t13-,14+,15?,17?,18-,19-/m1/s1. The maximum Gasteiger partial charge on any atom is 0.243 e. The minimum Gasteiger partial charge on any atom is -0.273 e. The Kier molecular flexibility index (Phi) is 3.50. The fourth-order valence-electron chi connectivity index (χ4n) is 5.79. The van der Waals surface area contributed by atoms with Gasteiger partial charge in [0.2, 0.25) is 5.91 Å². The molecule has 1 N–H and O–H groups in total. The van der Waals surface area contributed by atoms with Crippen LogP contribution in [0.25, 0.3) is 0 Å². The molecule has 0 radical (unpaired) electrons. The van der Waals surface area contributed by atoms with Gasteiger partial charge in [-0.25, -0.2) is 5.43 Å². The molecule has 0 spiro atoms. The van der Waals surface area contributed by atoms with E-state index >= 15 is 0 Å². The Bertz CT molecular complexity index is 654. The van der Waals surface area contributed by atoms with Crippen LogP contribution < -0.4 is 5.43 Å². The highest BCUT2D eigenvalue weighted by molar-refractivity contribution is 5.90. The molecule has 0 aliphatic heterocycles. The van der Waals surface area contributed by atoms with Crippen molar-refractivity contribution in [2.24, 2.45) is 34.7 Å². The van der Waals surface area contributed by atoms with Gasteiger partial charge in [0.25, 0.3) is 0 Å². The highest BCUT2D eigenvalue weighted by atomic mass is 16.2. The van der Waals surface area contributed by atoms with E-state index in [1.807, 2.05) is 6.07 Å². The van der Waals surface area contributed by atoms with E-state index in [1.165, 1.54) is 43.4 Å². The van der Waals surface area contributed by atoms with Crippen LogP contribution in [0.3, 0.4) is 0 Å². The number of hydrogen-bond donors (Lipinski definition) is 1. The Hall–Kier alpha value is -1.64. The second-order valence-electron chi connectivity index (χ2n) is 8.62. The second kappa shape index (κ2) is 5.72. The van der Waals surface area contributed by atoms with Crippen LogP contribution in [0, 0.1) is 29.6 Å². The van der Waals surface area contributed by atoms with E-state index < -0.39 is 0 Å². The normalized spacial score (nSPS) is 41.2. The van der Waals surface area contributed by atoms with Gasteiger partial charge in [-0.2, -0.15) is 5.10 Å². The molecule has 6 rings (SSSR count). The van der Waals surface area contributed by atoms with Gasteiger partial charge in [0.1, 0.15) is 0 Å². The molecule has 5 saturated carbocycles. The molecule has 5 aliphatic rings. The third kappa shape index (κ3) is 2.68. The van der Waals surface area contributed by atoms with Crippen LogP contribution in [0.5, 0.6) is 0 Å². The first-order chi connectivity index (χ1) is 11.8. The molecular formula is C21H26N2O. The molecule has 5 aliphatic carbocycles. The molecule has 4 bridgehead atoms. The van der Waals surface area contributed by atoms with Gasteiger partial charge in [-0.05, 0) is 80.1 Å². The molecule has 6 atom stereocenters. The minimum absolute atomic E-state index is 0.121. The summed E-state index contributed by atoms with van der Waals surface area (Å²) >= 11 is 0. The number of amides is 1. The third-order valence-electron chi connectivity index (χ3n) is 6.87. The van der Waals surface area contributed by atoms with Crippen LogP contribution in [-0.2, 0) is 4.79 Å². The fraction of sp³-hybridized carbons (Fsp3) is 0.619. The van der Waals surface area contributed by atoms with Crippen LogP contribution in [-0.4, -0.2) is 11.6 Å². The zero-order valence-corrected chi connectivity index (χ0v) is 14.2. The van der Waals surface area contributed by atoms with E-state index in [0.717, 1.165) is 30.6 Å². The summed E-state index contributed by atoms with van der Waals surface area (Å²) in [5, 5.41) is 4.65. The second-order valence-corrected chi connectivity index (χ2v) is 8.62. The quantitative estimate of drug-likeness (QED) is 0.836. The maximum absolute atomic E-state index is 12.5. The SMILES string of the molecule is O=C(N/N=C1/CC2C[C@@H]3CC1C[C@H](C2)C3)[C@@H]1C[C@@H]1c1ccccc1. The van der Waals surface area contributed by atoms with Crippen LogP contribution in [0.2, 0.25) is 0 Å². The van der Waals surface area contributed by atoms with Gasteiger partial charge in [-0.3, -0.25) is 4.79 Å². The average molecular weight is 322 g/mol. The van der Waals surface area contributed by atoms with E-state index in [4.69, 9.17) is 0 Å². The summed E-state index contributed by atoms with van der Waals surface area (Å²) in [6.45, 7) is 0. The summed E-state index contributed by atoms with van der Waals surface area (Å²) in [4.78, 5) is 12.5. The number of carbonyl (C=O) groups excluding carboxylic acids is 1. The molecule has 0 aromatic heterocycles. The van der Waals surface area contributed by atoms with E-state index in [1.54, 1.807) is 0 Å².